The second-order valence-electron chi connectivity index (χ2n) is 12.0. The predicted molar refractivity (Wildman–Crippen MR) is 190 cm³/mol. The monoisotopic (exact) mass is 719 g/mol. The molecule has 0 saturated carbocycles. The van der Waals surface area contributed by atoms with E-state index in [-0.39, 0.29) is 29.7 Å². The van der Waals surface area contributed by atoms with E-state index >= 15 is 0 Å². The van der Waals surface area contributed by atoms with Gasteiger partial charge in [0.15, 0.2) is 0 Å². The summed E-state index contributed by atoms with van der Waals surface area (Å²) in [6.07, 6.45) is 0.255. The molecule has 0 aliphatic heterocycles. The van der Waals surface area contributed by atoms with Crippen LogP contribution < -0.4 is 14.4 Å². The Morgan fingerprint density at radius 2 is 1.53 bits per heavy atom. The largest absolute Gasteiger partial charge is 0.496 e. The van der Waals surface area contributed by atoms with Gasteiger partial charge in [0.25, 0.3) is 10.0 Å². The van der Waals surface area contributed by atoms with Crippen LogP contribution in [0.1, 0.15) is 36.1 Å². The first-order valence-electron chi connectivity index (χ1n) is 15.5. The molecule has 0 aliphatic carbocycles. The second kappa shape index (κ2) is 16.1. The lowest BCUT2D eigenvalue weighted by atomic mass is 10.0. The van der Waals surface area contributed by atoms with Crippen LogP contribution in [0.5, 0.6) is 5.75 Å². The van der Waals surface area contributed by atoms with E-state index in [4.69, 9.17) is 4.74 Å². The van der Waals surface area contributed by atoms with Gasteiger partial charge < -0.3 is 15.0 Å². The number of sulfonamides is 1. The molecule has 0 aliphatic rings. The molecule has 0 unspecified atom stereocenters. The molecular formula is C37H42BrN3O5S. The summed E-state index contributed by atoms with van der Waals surface area (Å²) in [5, 5.41) is 3.02. The van der Waals surface area contributed by atoms with Gasteiger partial charge in [0, 0.05) is 19.5 Å². The van der Waals surface area contributed by atoms with Crippen molar-refractivity contribution in [3.05, 3.63) is 124 Å². The lowest BCUT2D eigenvalue weighted by Crippen LogP contribution is -2.53. The third-order valence-corrected chi connectivity index (χ3v) is 10.1. The van der Waals surface area contributed by atoms with E-state index in [1.54, 1.807) is 30.3 Å². The van der Waals surface area contributed by atoms with Gasteiger partial charge in [-0.05, 0) is 77.2 Å². The van der Waals surface area contributed by atoms with Crippen molar-refractivity contribution in [3.63, 3.8) is 0 Å². The highest BCUT2D eigenvalue weighted by Crippen LogP contribution is 2.31. The number of ether oxygens (including phenoxy) is 1. The zero-order chi connectivity index (χ0) is 34.1. The van der Waals surface area contributed by atoms with Crippen molar-refractivity contribution in [3.8, 4) is 5.75 Å². The van der Waals surface area contributed by atoms with Gasteiger partial charge in [-0.25, -0.2) is 8.42 Å². The third-order valence-electron chi connectivity index (χ3n) is 7.70. The molecule has 4 aromatic carbocycles. The van der Waals surface area contributed by atoms with E-state index < -0.39 is 28.5 Å². The highest BCUT2D eigenvalue weighted by Gasteiger charge is 2.35. The second-order valence-corrected chi connectivity index (χ2v) is 14.7. The van der Waals surface area contributed by atoms with Crippen molar-refractivity contribution in [2.75, 3.05) is 24.5 Å². The molecule has 1 atom stereocenters. The number of rotatable bonds is 14. The number of carbonyl (C=O) groups is 2. The molecule has 0 saturated heterocycles. The Morgan fingerprint density at radius 3 is 2.15 bits per heavy atom. The van der Waals surface area contributed by atoms with Crippen molar-refractivity contribution in [1.29, 1.82) is 0 Å². The topological polar surface area (TPSA) is 96.0 Å². The molecule has 0 bridgehead atoms. The lowest BCUT2D eigenvalue weighted by molar-refractivity contribution is -0.140. The molecule has 47 heavy (non-hydrogen) atoms. The standard InChI is InChI=1S/C37H42BrN3O5S/c1-26(2)23-39-37(43)34(21-29-11-7-6-8-12-29)40(24-30-13-9-10-28(4)20-30)36(42)25-41(31-16-14-27(3)15-17-31)47(44,45)32-18-19-35(46-5)33(38)22-32/h6-20,22,26,34H,21,23-25H2,1-5H3,(H,39,43)/t34-/m0/s1. The molecule has 2 amide bonds. The number of nitrogens with zero attached hydrogens (tertiary/aromatic N) is 2. The molecule has 8 nitrogen and oxygen atoms in total. The van der Waals surface area contributed by atoms with Crippen LogP contribution in [-0.4, -0.2) is 51.4 Å². The molecule has 4 aromatic rings. The maximum atomic E-state index is 14.6. The van der Waals surface area contributed by atoms with Crippen LogP contribution in [0.25, 0.3) is 0 Å². The van der Waals surface area contributed by atoms with E-state index in [9.17, 15) is 18.0 Å². The fraction of sp³-hybridized carbons (Fsp3) is 0.297. The molecule has 0 radical (unpaired) electrons. The Hall–Kier alpha value is -4.15. The molecule has 1 N–H and O–H groups in total. The van der Waals surface area contributed by atoms with Crippen molar-refractivity contribution >= 4 is 43.5 Å². The van der Waals surface area contributed by atoms with Crippen LogP contribution in [0.4, 0.5) is 5.69 Å². The molecular weight excluding hydrogens is 678 g/mol. The Morgan fingerprint density at radius 1 is 0.851 bits per heavy atom. The van der Waals surface area contributed by atoms with Crippen molar-refractivity contribution < 1.29 is 22.7 Å². The molecule has 0 aromatic heterocycles. The highest BCUT2D eigenvalue weighted by atomic mass is 79.9. The van der Waals surface area contributed by atoms with Crippen molar-refractivity contribution in [2.45, 2.75) is 51.6 Å². The zero-order valence-electron chi connectivity index (χ0n) is 27.4. The lowest BCUT2D eigenvalue weighted by Gasteiger charge is -2.34. The number of anilines is 1. The number of benzene rings is 4. The summed E-state index contributed by atoms with van der Waals surface area (Å²) in [4.78, 5) is 30.0. The fourth-order valence-electron chi connectivity index (χ4n) is 5.16. The van der Waals surface area contributed by atoms with Crippen LogP contribution in [0.2, 0.25) is 0 Å². The summed E-state index contributed by atoms with van der Waals surface area (Å²) in [5.41, 5.74) is 3.99. The van der Waals surface area contributed by atoms with E-state index in [2.05, 4.69) is 21.2 Å². The summed E-state index contributed by atoms with van der Waals surface area (Å²) in [6, 6.07) is 27.8. The first-order valence-corrected chi connectivity index (χ1v) is 17.7. The number of halogens is 1. The van der Waals surface area contributed by atoms with Gasteiger partial charge >= 0.3 is 0 Å². The van der Waals surface area contributed by atoms with Gasteiger partial charge in [0.05, 0.1) is 22.2 Å². The van der Waals surface area contributed by atoms with Gasteiger partial charge in [0.2, 0.25) is 11.8 Å². The molecule has 0 fully saturated rings. The number of nitrogens with one attached hydrogen (secondary N) is 1. The molecule has 4 rings (SSSR count). The minimum atomic E-state index is -4.25. The molecule has 248 valence electrons. The van der Waals surface area contributed by atoms with E-state index in [1.807, 2.05) is 82.3 Å². The summed E-state index contributed by atoms with van der Waals surface area (Å²) in [6.45, 7) is 7.90. The van der Waals surface area contributed by atoms with Gasteiger partial charge in [0.1, 0.15) is 18.3 Å². The van der Waals surface area contributed by atoms with E-state index in [0.29, 0.717) is 22.5 Å². The Labute approximate surface area is 286 Å². The number of hydrogen-bond acceptors (Lipinski definition) is 5. The number of methoxy groups -OCH3 is 1. The summed E-state index contributed by atoms with van der Waals surface area (Å²) in [5.74, 6) is -0.137. The Bertz CT molecular complexity index is 1780. The van der Waals surface area contributed by atoms with Gasteiger partial charge in [-0.2, -0.15) is 0 Å². The zero-order valence-corrected chi connectivity index (χ0v) is 29.8. The minimum absolute atomic E-state index is 0.0145. The summed E-state index contributed by atoms with van der Waals surface area (Å²) >= 11 is 3.40. The number of amides is 2. The summed E-state index contributed by atoms with van der Waals surface area (Å²) < 4.78 is 35.5. The van der Waals surface area contributed by atoms with Crippen LogP contribution in [0.3, 0.4) is 0 Å². The quantitative estimate of drug-likeness (QED) is 0.157. The number of carbonyl (C=O) groups excluding carboxylic acids is 2. The summed E-state index contributed by atoms with van der Waals surface area (Å²) in [7, 11) is -2.75. The molecule has 0 heterocycles. The highest BCUT2D eigenvalue weighted by molar-refractivity contribution is 9.10. The number of hydrogen-bond donors (Lipinski definition) is 1. The van der Waals surface area contributed by atoms with E-state index in [1.165, 1.54) is 24.1 Å². The fourth-order valence-corrected chi connectivity index (χ4v) is 7.29. The average molecular weight is 721 g/mol. The van der Waals surface area contributed by atoms with Crippen molar-refractivity contribution in [1.82, 2.24) is 10.2 Å². The molecule has 0 spiro atoms. The molecule has 10 heteroatoms. The minimum Gasteiger partial charge on any atom is -0.496 e. The number of aryl methyl sites for hydroxylation is 2. The Balaban J connectivity index is 1.81. The van der Waals surface area contributed by atoms with Crippen LogP contribution in [0.15, 0.2) is 106 Å². The smallest absolute Gasteiger partial charge is 0.264 e. The van der Waals surface area contributed by atoms with Crippen molar-refractivity contribution in [2.24, 2.45) is 5.92 Å². The van der Waals surface area contributed by atoms with Gasteiger partial charge in [-0.3, -0.25) is 13.9 Å². The predicted octanol–water partition coefficient (Wildman–Crippen LogP) is 6.68. The maximum absolute atomic E-state index is 14.6. The van der Waals surface area contributed by atoms with E-state index in [0.717, 1.165) is 26.6 Å². The normalized spacial score (nSPS) is 12.0. The van der Waals surface area contributed by atoms with Crippen LogP contribution in [0, 0.1) is 19.8 Å². The first kappa shape index (κ1) is 35.7. The third kappa shape index (κ3) is 9.45. The first-order chi connectivity index (χ1) is 22.4. The van der Waals surface area contributed by atoms with Gasteiger partial charge in [-0.1, -0.05) is 91.7 Å². The SMILES string of the molecule is COc1ccc(S(=O)(=O)N(CC(=O)N(Cc2cccc(C)c2)[C@@H](Cc2ccccc2)C(=O)NCC(C)C)c2ccc(C)cc2)cc1Br. The average Bonchev–Trinajstić information content (AvgIpc) is 3.05. The Kier molecular flexibility index (Phi) is 12.2. The van der Waals surface area contributed by atoms with Gasteiger partial charge in [-0.15, -0.1) is 0 Å². The van der Waals surface area contributed by atoms with Crippen LogP contribution >= 0.6 is 15.9 Å². The van der Waals surface area contributed by atoms with Crippen LogP contribution in [-0.2, 0) is 32.6 Å². The maximum Gasteiger partial charge on any atom is 0.264 e.